The molecule has 1 N–H and O–H groups in total. The third-order valence-corrected chi connectivity index (χ3v) is 5.79. The van der Waals surface area contributed by atoms with Crippen molar-refractivity contribution >= 4 is 10.0 Å². The van der Waals surface area contributed by atoms with Crippen LogP contribution >= 0.6 is 0 Å². The van der Waals surface area contributed by atoms with Gasteiger partial charge in [0.05, 0.1) is 11.5 Å². The summed E-state index contributed by atoms with van der Waals surface area (Å²) in [7, 11) is -3.41. The molecule has 0 bridgehead atoms. The van der Waals surface area contributed by atoms with Crippen molar-refractivity contribution in [3.8, 4) is 0 Å². The molecule has 2 aliphatic heterocycles. The molecule has 0 spiro atoms. The Balaban J connectivity index is 1.64. The van der Waals surface area contributed by atoms with Crippen molar-refractivity contribution in [1.82, 2.24) is 9.62 Å². The number of sulfonamides is 1. The molecule has 0 saturated carbocycles. The first-order valence-corrected chi connectivity index (χ1v) is 9.03. The van der Waals surface area contributed by atoms with E-state index < -0.39 is 10.0 Å². The van der Waals surface area contributed by atoms with Crippen LogP contribution in [0.25, 0.3) is 0 Å². The van der Waals surface area contributed by atoms with Gasteiger partial charge in [0.1, 0.15) is 0 Å². The Labute approximate surface area is 126 Å². The van der Waals surface area contributed by atoms with E-state index in [0.717, 1.165) is 45.6 Å². The van der Waals surface area contributed by atoms with Crippen LogP contribution in [0.2, 0.25) is 0 Å². The zero-order valence-electron chi connectivity index (χ0n) is 12.1. The standard InChI is InChI=1S/C15H22N2O3S/c18-21(19,15-6-2-1-3-7-15)16-13-5-4-9-17(11-13)14-8-10-20-12-14/h1-3,6-7,13-14,16H,4-5,8-12H2/t13-,14-/m0/s1. The lowest BCUT2D eigenvalue weighted by Gasteiger charge is -2.36. The number of nitrogens with zero attached hydrogens (tertiary/aromatic N) is 1. The summed E-state index contributed by atoms with van der Waals surface area (Å²) in [5.41, 5.74) is 0. The van der Waals surface area contributed by atoms with Gasteiger partial charge in [0.25, 0.3) is 0 Å². The maximum Gasteiger partial charge on any atom is 0.240 e. The van der Waals surface area contributed by atoms with Crippen molar-refractivity contribution in [2.45, 2.75) is 36.2 Å². The third kappa shape index (κ3) is 3.63. The van der Waals surface area contributed by atoms with E-state index in [1.165, 1.54) is 0 Å². The first kappa shape index (κ1) is 15.0. The van der Waals surface area contributed by atoms with Crippen LogP contribution < -0.4 is 4.72 Å². The minimum absolute atomic E-state index is 0.00967. The van der Waals surface area contributed by atoms with Crippen molar-refractivity contribution in [2.24, 2.45) is 0 Å². The second kappa shape index (κ2) is 6.44. The van der Waals surface area contributed by atoms with Gasteiger partial charge in [-0.15, -0.1) is 0 Å². The van der Waals surface area contributed by atoms with E-state index in [4.69, 9.17) is 4.74 Å². The van der Waals surface area contributed by atoms with Gasteiger partial charge < -0.3 is 4.74 Å². The second-order valence-corrected chi connectivity index (χ2v) is 7.50. The Morgan fingerprint density at radius 2 is 2.00 bits per heavy atom. The highest BCUT2D eigenvalue weighted by Gasteiger charge is 2.30. The van der Waals surface area contributed by atoms with Crippen LogP contribution in [-0.2, 0) is 14.8 Å². The Morgan fingerprint density at radius 1 is 1.19 bits per heavy atom. The monoisotopic (exact) mass is 310 g/mol. The lowest BCUT2D eigenvalue weighted by molar-refractivity contribution is 0.117. The zero-order valence-corrected chi connectivity index (χ0v) is 12.9. The SMILES string of the molecule is O=S(=O)(N[C@H]1CCCN([C@H]2CCOC2)C1)c1ccccc1. The molecule has 2 heterocycles. The molecule has 2 fully saturated rings. The van der Waals surface area contributed by atoms with Crippen molar-refractivity contribution in [3.05, 3.63) is 30.3 Å². The molecule has 0 amide bonds. The predicted octanol–water partition coefficient (Wildman–Crippen LogP) is 1.22. The molecule has 1 aromatic rings. The van der Waals surface area contributed by atoms with E-state index in [1.54, 1.807) is 24.3 Å². The van der Waals surface area contributed by atoms with Crippen LogP contribution in [0.3, 0.4) is 0 Å². The topological polar surface area (TPSA) is 58.6 Å². The first-order valence-electron chi connectivity index (χ1n) is 7.54. The van der Waals surface area contributed by atoms with Crippen LogP contribution in [0.5, 0.6) is 0 Å². The molecular formula is C15H22N2O3S. The van der Waals surface area contributed by atoms with Crippen molar-refractivity contribution in [3.63, 3.8) is 0 Å². The number of likely N-dealkylation sites (tertiary alicyclic amines) is 1. The van der Waals surface area contributed by atoms with Crippen LogP contribution in [0.15, 0.2) is 35.2 Å². The molecule has 0 aromatic heterocycles. The van der Waals surface area contributed by atoms with Crippen molar-refractivity contribution < 1.29 is 13.2 Å². The largest absolute Gasteiger partial charge is 0.380 e. The van der Waals surface area contributed by atoms with Gasteiger partial charge in [-0.1, -0.05) is 18.2 Å². The average molecular weight is 310 g/mol. The van der Waals surface area contributed by atoms with Gasteiger partial charge in [-0.05, 0) is 37.9 Å². The average Bonchev–Trinajstić information content (AvgIpc) is 3.02. The molecule has 1 aromatic carbocycles. The highest BCUT2D eigenvalue weighted by atomic mass is 32.2. The molecule has 116 valence electrons. The summed E-state index contributed by atoms with van der Waals surface area (Å²) >= 11 is 0. The lowest BCUT2D eigenvalue weighted by Crippen LogP contribution is -2.51. The summed E-state index contributed by atoms with van der Waals surface area (Å²) < 4.78 is 33.0. The van der Waals surface area contributed by atoms with Gasteiger partial charge in [-0.25, -0.2) is 13.1 Å². The minimum atomic E-state index is -3.41. The summed E-state index contributed by atoms with van der Waals surface area (Å²) in [5, 5.41) is 0. The number of hydrogen-bond acceptors (Lipinski definition) is 4. The van der Waals surface area contributed by atoms with E-state index in [1.807, 2.05) is 6.07 Å². The van der Waals surface area contributed by atoms with Crippen LogP contribution in [-0.4, -0.2) is 51.7 Å². The summed E-state index contributed by atoms with van der Waals surface area (Å²) in [6.45, 7) is 3.41. The fourth-order valence-corrected chi connectivity index (χ4v) is 4.41. The van der Waals surface area contributed by atoms with Gasteiger partial charge in [0.2, 0.25) is 10.0 Å². The molecule has 0 aliphatic carbocycles. The Bertz CT molecular complexity index is 556. The molecule has 2 atom stereocenters. The molecule has 3 rings (SSSR count). The normalized spacial score (nSPS) is 27.8. The first-order chi connectivity index (χ1) is 10.1. The van der Waals surface area contributed by atoms with E-state index >= 15 is 0 Å². The van der Waals surface area contributed by atoms with E-state index in [0.29, 0.717) is 10.9 Å². The number of nitrogens with one attached hydrogen (secondary N) is 1. The summed E-state index contributed by atoms with van der Waals surface area (Å²) in [5.74, 6) is 0. The predicted molar refractivity (Wildman–Crippen MR) is 80.6 cm³/mol. The summed E-state index contributed by atoms with van der Waals surface area (Å²) in [6.07, 6.45) is 2.98. The van der Waals surface area contributed by atoms with Gasteiger partial charge in [0.15, 0.2) is 0 Å². The van der Waals surface area contributed by atoms with E-state index in [9.17, 15) is 8.42 Å². The minimum Gasteiger partial charge on any atom is -0.380 e. The maximum absolute atomic E-state index is 12.4. The van der Waals surface area contributed by atoms with E-state index in [-0.39, 0.29) is 6.04 Å². The molecule has 0 unspecified atom stereocenters. The summed E-state index contributed by atoms with van der Waals surface area (Å²) in [4.78, 5) is 2.71. The molecule has 2 aliphatic rings. The van der Waals surface area contributed by atoms with Crippen LogP contribution in [0.1, 0.15) is 19.3 Å². The maximum atomic E-state index is 12.4. The number of hydrogen-bond donors (Lipinski definition) is 1. The molecule has 2 saturated heterocycles. The number of ether oxygens (including phenoxy) is 1. The Morgan fingerprint density at radius 3 is 2.71 bits per heavy atom. The lowest BCUT2D eigenvalue weighted by atomic mass is 10.0. The molecule has 0 radical (unpaired) electrons. The number of benzene rings is 1. The summed E-state index contributed by atoms with van der Waals surface area (Å²) in [6, 6.07) is 9.02. The van der Waals surface area contributed by atoms with E-state index in [2.05, 4.69) is 9.62 Å². The molecule has 5 nitrogen and oxygen atoms in total. The third-order valence-electron chi connectivity index (χ3n) is 4.25. The zero-order chi connectivity index (χ0) is 14.7. The second-order valence-electron chi connectivity index (χ2n) is 5.79. The fourth-order valence-electron chi connectivity index (χ4n) is 3.13. The van der Waals surface area contributed by atoms with Crippen LogP contribution in [0, 0.1) is 0 Å². The van der Waals surface area contributed by atoms with Gasteiger partial charge in [0, 0.05) is 25.2 Å². The Kier molecular flexibility index (Phi) is 4.59. The molecular weight excluding hydrogens is 288 g/mol. The molecule has 21 heavy (non-hydrogen) atoms. The van der Waals surface area contributed by atoms with Crippen molar-refractivity contribution in [2.75, 3.05) is 26.3 Å². The number of rotatable bonds is 4. The smallest absolute Gasteiger partial charge is 0.240 e. The highest BCUT2D eigenvalue weighted by molar-refractivity contribution is 7.89. The number of piperidine rings is 1. The Hall–Kier alpha value is -0.950. The van der Waals surface area contributed by atoms with Crippen molar-refractivity contribution in [1.29, 1.82) is 0 Å². The van der Waals surface area contributed by atoms with Gasteiger partial charge >= 0.3 is 0 Å². The fraction of sp³-hybridized carbons (Fsp3) is 0.600. The van der Waals surface area contributed by atoms with Crippen LogP contribution in [0.4, 0.5) is 0 Å². The highest BCUT2D eigenvalue weighted by Crippen LogP contribution is 2.20. The van der Waals surface area contributed by atoms with Gasteiger partial charge in [-0.3, -0.25) is 4.90 Å². The molecule has 6 heteroatoms. The quantitative estimate of drug-likeness (QED) is 0.908. The van der Waals surface area contributed by atoms with Gasteiger partial charge in [-0.2, -0.15) is 0 Å².